The van der Waals surface area contributed by atoms with Gasteiger partial charge in [0.05, 0.1) is 19.1 Å². The zero-order valence-corrected chi connectivity index (χ0v) is 19.3. The third kappa shape index (κ3) is 7.35. The van der Waals surface area contributed by atoms with Crippen LogP contribution in [0, 0.1) is 0 Å². The summed E-state index contributed by atoms with van der Waals surface area (Å²) < 4.78 is 22.7. The van der Waals surface area contributed by atoms with E-state index in [0.29, 0.717) is 42.1 Å². The molecule has 31 heavy (non-hydrogen) atoms. The minimum Gasteiger partial charge on any atom is -0.493 e. The molecule has 1 aromatic carbocycles. The fourth-order valence-electron chi connectivity index (χ4n) is 3.05. The highest BCUT2D eigenvalue weighted by atomic mass is 16.5. The van der Waals surface area contributed by atoms with Crippen molar-refractivity contribution < 1.29 is 18.6 Å². The lowest BCUT2D eigenvalue weighted by Crippen LogP contribution is -2.11. The van der Waals surface area contributed by atoms with E-state index < -0.39 is 5.63 Å². The summed E-state index contributed by atoms with van der Waals surface area (Å²) in [5.74, 6) is 0.963. The van der Waals surface area contributed by atoms with Gasteiger partial charge in [-0.2, -0.15) is 0 Å². The van der Waals surface area contributed by atoms with Gasteiger partial charge in [0.15, 0.2) is 17.1 Å². The Labute approximate surface area is 185 Å². The van der Waals surface area contributed by atoms with Crippen molar-refractivity contribution in [1.82, 2.24) is 0 Å². The van der Waals surface area contributed by atoms with E-state index in [1.54, 1.807) is 13.2 Å². The van der Waals surface area contributed by atoms with Crippen LogP contribution in [-0.4, -0.2) is 20.3 Å². The van der Waals surface area contributed by atoms with Gasteiger partial charge < -0.3 is 18.6 Å². The first-order chi connectivity index (χ1) is 15.0. The zero-order valence-electron chi connectivity index (χ0n) is 19.3. The quantitative estimate of drug-likeness (QED) is 0.217. The van der Waals surface area contributed by atoms with Gasteiger partial charge in [0.1, 0.15) is 6.61 Å². The summed E-state index contributed by atoms with van der Waals surface area (Å²) in [4.78, 5) is 12.7. The highest BCUT2D eigenvalue weighted by Crippen LogP contribution is 2.36. The lowest BCUT2D eigenvalue weighted by molar-refractivity contribution is 0.275. The maximum Gasteiger partial charge on any atom is 0.383 e. The average molecular weight is 427 g/mol. The molecule has 0 bridgehead atoms. The highest BCUT2D eigenvalue weighted by Gasteiger charge is 2.19. The van der Waals surface area contributed by atoms with E-state index in [9.17, 15) is 4.79 Å². The van der Waals surface area contributed by atoms with E-state index in [1.807, 2.05) is 24.3 Å². The third-order valence-electron chi connectivity index (χ3n) is 4.71. The van der Waals surface area contributed by atoms with Crippen LogP contribution in [0.25, 0.3) is 11.0 Å². The smallest absolute Gasteiger partial charge is 0.383 e. The van der Waals surface area contributed by atoms with Gasteiger partial charge in [-0.25, -0.2) is 4.79 Å². The van der Waals surface area contributed by atoms with E-state index >= 15 is 0 Å². The van der Waals surface area contributed by atoms with Gasteiger partial charge in [0.2, 0.25) is 5.75 Å². The second-order valence-corrected chi connectivity index (χ2v) is 7.58. The molecule has 1 heterocycles. The van der Waals surface area contributed by atoms with Crippen LogP contribution in [0.1, 0.15) is 53.4 Å². The van der Waals surface area contributed by atoms with Gasteiger partial charge in [0.25, 0.3) is 0 Å². The Bertz CT molecular complexity index is 991. The Balaban J connectivity index is 2.29. The Morgan fingerprint density at radius 1 is 1.03 bits per heavy atom. The molecule has 2 aromatic rings. The van der Waals surface area contributed by atoms with Gasteiger partial charge in [-0.1, -0.05) is 42.4 Å². The summed E-state index contributed by atoms with van der Waals surface area (Å²) in [5.41, 5.74) is 2.33. The molecule has 0 aliphatic heterocycles. The molecular weight excluding hydrogens is 392 g/mol. The van der Waals surface area contributed by atoms with Crippen LogP contribution in [0.3, 0.4) is 0 Å². The molecule has 0 atom stereocenters. The molecule has 0 radical (unpaired) electrons. The second kappa shape index (κ2) is 12.7. The largest absolute Gasteiger partial charge is 0.493 e. The van der Waals surface area contributed by atoms with Crippen molar-refractivity contribution in [1.29, 1.82) is 0 Å². The van der Waals surface area contributed by atoms with Crippen LogP contribution in [0.5, 0.6) is 17.2 Å². The van der Waals surface area contributed by atoms with Crippen molar-refractivity contribution >= 4 is 11.0 Å². The molecular formula is C26H34O5. The minimum absolute atomic E-state index is 0.0984. The fourth-order valence-corrected chi connectivity index (χ4v) is 3.05. The molecule has 5 nitrogen and oxygen atoms in total. The normalized spacial score (nSPS) is 11.7. The number of rotatable bonds is 12. The molecule has 0 saturated carbocycles. The third-order valence-corrected chi connectivity index (χ3v) is 4.71. The Morgan fingerprint density at radius 2 is 1.84 bits per heavy atom. The number of hydrogen-bond donors (Lipinski definition) is 0. The van der Waals surface area contributed by atoms with Crippen molar-refractivity contribution in [3.63, 3.8) is 0 Å². The van der Waals surface area contributed by atoms with Crippen LogP contribution < -0.4 is 19.8 Å². The van der Waals surface area contributed by atoms with Gasteiger partial charge in [-0.3, -0.25) is 0 Å². The summed E-state index contributed by atoms with van der Waals surface area (Å²) in [6.07, 6.45) is 12.0. The second-order valence-electron chi connectivity index (χ2n) is 7.58. The first-order valence-corrected chi connectivity index (χ1v) is 10.8. The number of benzene rings is 1. The van der Waals surface area contributed by atoms with Crippen LogP contribution in [0.15, 0.2) is 62.9 Å². The molecule has 168 valence electrons. The topological polar surface area (TPSA) is 57.9 Å². The van der Waals surface area contributed by atoms with E-state index in [1.165, 1.54) is 11.1 Å². The number of hydrogen-bond acceptors (Lipinski definition) is 5. The lowest BCUT2D eigenvalue weighted by atomic mass is 10.1. The van der Waals surface area contributed by atoms with Crippen molar-refractivity contribution in [3.8, 4) is 17.2 Å². The Morgan fingerprint density at radius 3 is 2.55 bits per heavy atom. The van der Waals surface area contributed by atoms with Gasteiger partial charge in [-0.15, -0.1) is 0 Å². The maximum absolute atomic E-state index is 12.7. The predicted molar refractivity (Wildman–Crippen MR) is 126 cm³/mol. The van der Waals surface area contributed by atoms with Crippen molar-refractivity contribution in [3.05, 3.63) is 64.1 Å². The molecule has 1 aromatic heterocycles. The van der Waals surface area contributed by atoms with E-state index in [4.69, 9.17) is 18.6 Å². The van der Waals surface area contributed by atoms with E-state index in [-0.39, 0.29) is 5.75 Å². The van der Waals surface area contributed by atoms with Gasteiger partial charge in [-0.05, 0) is 64.7 Å². The van der Waals surface area contributed by atoms with Crippen LogP contribution in [0.4, 0.5) is 0 Å². The molecule has 0 amide bonds. The number of fused-ring (bicyclic) bond motifs is 1. The summed E-state index contributed by atoms with van der Waals surface area (Å²) in [6, 6.07) is 5.42. The summed E-state index contributed by atoms with van der Waals surface area (Å²) in [6.45, 7) is 9.06. The van der Waals surface area contributed by atoms with Crippen molar-refractivity contribution in [2.75, 3.05) is 20.3 Å². The molecule has 0 fully saturated rings. The van der Waals surface area contributed by atoms with Crippen LogP contribution in [0.2, 0.25) is 0 Å². The predicted octanol–water partition coefficient (Wildman–Crippen LogP) is 6.61. The first-order valence-electron chi connectivity index (χ1n) is 10.8. The standard InChI is InChI=1S/C26H34O5/c1-6-7-8-9-17-29-25-24(30-18-16-20(4)13-10-12-19(2)3)21-14-11-15-22(28-5)23(21)31-26(25)27/h7-8,11-12,14-16H,6,9-10,13,17-18H2,1-5H3/b8-7+,20-16+. The first kappa shape index (κ1) is 24.3. The number of methoxy groups -OCH3 is 1. The number of para-hydroxylation sites is 1. The van der Waals surface area contributed by atoms with E-state index in [2.05, 4.69) is 39.8 Å². The van der Waals surface area contributed by atoms with Gasteiger partial charge in [0, 0.05) is 0 Å². The minimum atomic E-state index is -0.573. The summed E-state index contributed by atoms with van der Waals surface area (Å²) >= 11 is 0. The Kier molecular flexibility index (Phi) is 9.95. The number of allylic oxidation sites excluding steroid dienone is 4. The average Bonchev–Trinajstić information content (AvgIpc) is 2.74. The van der Waals surface area contributed by atoms with E-state index in [0.717, 1.165) is 19.3 Å². The molecule has 2 rings (SSSR count). The van der Waals surface area contributed by atoms with Crippen molar-refractivity contribution in [2.45, 2.75) is 53.4 Å². The summed E-state index contributed by atoms with van der Waals surface area (Å²) in [7, 11) is 1.54. The van der Waals surface area contributed by atoms with Crippen LogP contribution >= 0.6 is 0 Å². The molecule has 0 N–H and O–H groups in total. The lowest BCUT2D eigenvalue weighted by Gasteiger charge is -2.14. The van der Waals surface area contributed by atoms with Crippen LogP contribution in [-0.2, 0) is 0 Å². The molecule has 0 saturated heterocycles. The monoisotopic (exact) mass is 426 g/mol. The Hall–Kier alpha value is -2.95. The zero-order chi connectivity index (χ0) is 22.6. The number of ether oxygens (including phenoxy) is 3. The van der Waals surface area contributed by atoms with Gasteiger partial charge >= 0.3 is 5.63 Å². The highest BCUT2D eigenvalue weighted by molar-refractivity contribution is 5.89. The molecule has 0 aliphatic rings. The maximum atomic E-state index is 12.7. The fraction of sp³-hybridized carbons (Fsp3) is 0.423. The molecule has 0 aliphatic carbocycles. The van der Waals surface area contributed by atoms with Crippen molar-refractivity contribution in [2.24, 2.45) is 0 Å². The molecule has 0 spiro atoms. The molecule has 5 heteroatoms. The molecule has 0 unspecified atom stereocenters. The summed E-state index contributed by atoms with van der Waals surface area (Å²) in [5, 5.41) is 0.647. The SMILES string of the molecule is CC/C=C/CCOc1c(OC/C=C(\C)CCC=C(C)C)c2cccc(OC)c2oc1=O.